The molecule has 2 N–H and O–H groups in total. The molecule has 5 heteroatoms. The summed E-state index contributed by atoms with van der Waals surface area (Å²) >= 11 is 3.45. The Hall–Kier alpha value is -1.75. The predicted octanol–water partition coefficient (Wildman–Crippen LogP) is 3.73. The Morgan fingerprint density at radius 1 is 1.30 bits per heavy atom. The fraction of sp³-hybridized carbons (Fsp3) is 0.267. The third-order valence-corrected chi connectivity index (χ3v) is 3.68. The molecule has 20 heavy (non-hydrogen) atoms. The molecule has 2 aromatic rings. The van der Waals surface area contributed by atoms with Crippen LogP contribution in [-0.2, 0) is 13.6 Å². The summed E-state index contributed by atoms with van der Waals surface area (Å²) in [6.45, 7) is 4.46. The van der Waals surface area contributed by atoms with E-state index >= 15 is 0 Å². The van der Waals surface area contributed by atoms with Crippen molar-refractivity contribution in [1.29, 1.82) is 0 Å². The molecule has 0 spiro atoms. The van der Waals surface area contributed by atoms with Gasteiger partial charge >= 0.3 is 6.03 Å². The number of rotatable bonds is 3. The molecule has 2 rings (SSSR count). The molecular weight excluding hydrogens is 318 g/mol. The molecule has 0 unspecified atom stereocenters. The maximum atomic E-state index is 12.0. The highest BCUT2D eigenvalue weighted by molar-refractivity contribution is 9.10. The number of halogens is 1. The van der Waals surface area contributed by atoms with Gasteiger partial charge < -0.3 is 15.2 Å². The van der Waals surface area contributed by atoms with Crippen LogP contribution in [0.15, 0.2) is 34.9 Å². The maximum Gasteiger partial charge on any atom is 0.319 e. The number of carbonyl (C=O) groups excluding carboxylic acids is 1. The van der Waals surface area contributed by atoms with Crippen molar-refractivity contribution in [2.45, 2.75) is 20.4 Å². The SMILES string of the molecule is Cc1cc(Br)cc(C)c1NC(=O)NCc1cccn1C. The van der Waals surface area contributed by atoms with Gasteiger partial charge in [0.1, 0.15) is 0 Å². The Bertz CT molecular complexity index is 611. The van der Waals surface area contributed by atoms with E-state index in [1.165, 1.54) is 0 Å². The summed E-state index contributed by atoms with van der Waals surface area (Å²) in [7, 11) is 1.96. The largest absolute Gasteiger partial charge is 0.353 e. The number of nitrogens with one attached hydrogen (secondary N) is 2. The van der Waals surface area contributed by atoms with Crippen LogP contribution in [0.3, 0.4) is 0 Å². The molecule has 0 aliphatic carbocycles. The molecule has 1 aromatic carbocycles. The quantitative estimate of drug-likeness (QED) is 0.882. The van der Waals surface area contributed by atoms with Gasteiger partial charge in [-0.05, 0) is 49.2 Å². The van der Waals surface area contributed by atoms with Gasteiger partial charge in [0.25, 0.3) is 0 Å². The fourth-order valence-corrected chi connectivity index (χ4v) is 2.80. The van der Waals surface area contributed by atoms with E-state index in [1.54, 1.807) is 0 Å². The number of aromatic nitrogens is 1. The van der Waals surface area contributed by atoms with Crippen LogP contribution in [-0.4, -0.2) is 10.6 Å². The molecular formula is C15H18BrN3O. The summed E-state index contributed by atoms with van der Waals surface area (Å²) in [6.07, 6.45) is 1.96. The highest BCUT2D eigenvalue weighted by Gasteiger charge is 2.08. The number of amides is 2. The summed E-state index contributed by atoms with van der Waals surface area (Å²) in [5.41, 5.74) is 3.98. The smallest absolute Gasteiger partial charge is 0.319 e. The first-order valence-corrected chi connectivity index (χ1v) is 7.18. The lowest BCUT2D eigenvalue weighted by atomic mass is 10.1. The lowest BCUT2D eigenvalue weighted by Gasteiger charge is -2.13. The van der Waals surface area contributed by atoms with Crippen molar-refractivity contribution in [3.8, 4) is 0 Å². The zero-order chi connectivity index (χ0) is 14.7. The number of carbonyl (C=O) groups is 1. The number of aryl methyl sites for hydroxylation is 3. The van der Waals surface area contributed by atoms with Gasteiger partial charge in [0.2, 0.25) is 0 Å². The second-order valence-electron chi connectivity index (χ2n) is 4.83. The second-order valence-corrected chi connectivity index (χ2v) is 5.75. The third kappa shape index (κ3) is 3.42. The molecule has 0 fully saturated rings. The van der Waals surface area contributed by atoms with Crippen LogP contribution < -0.4 is 10.6 Å². The highest BCUT2D eigenvalue weighted by Crippen LogP contribution is 2.24. The Morgan fingerprint density at radius 3 is 2.50 bits per heavy atom. The van der Waals surface area contributed by atoms with Gasteiger partial charge in [-0.1, -0.05) is 15.9 Å². The summed E-state index contributed by atoms with van der Waals surface area (Å²) in [5.74, 6) is 0. The topological polar surface area (TPSA) is 46.1 Å². The minimum absolute atomic E-state index is 0.195. The van der Waals surface area contributed by atoms with Gasteiger partial charge in [-0.25, -0.2) is 4.79 Å². The number of benzene rings is 1. The normalized spacial score (nSPS) is 10.4. The molecule has 4 nitrogen and oxygen atoms in total. The predicted molar refractivity (Wildman–Crippen MR) is 84.9 cm³/mol. The van der Waals surface area contributed by atoms with Crippen molar-refractivity contribution < 1.29 is 4.79 Å². The monoisotopic (exact) mass is 335 g/mol. The minimum Gasteiger partial charge on any atom is -0.353 e. The van der Waals surface area contributed by atoms with E-state index < -0.39 is 0 Å². The zero-order valence-corrected chi connectivity index (χ0v) is 13.4. The fourth-order valence-electron chi connectivity index (χ4n) is 2.12. The van der Waals surface area contributed by atoms with Crippen LogP contribution in [0, 0.1) is 13.8 Å². The standard InChI is InChI=1S/C15H18BrN3O/c1-10-7-12(16)8-11(2)14(10)18-15(20)17-9-13-5-4-6-19(13)3/h4-8H,9H2,1-3H3,(H2,17,18,20). The van der Waals surface area contributed by atoms with Crippen molar-refractivity contribution in [2.24, 2.45) is 7.05 Å². The Kier molecular flexibility index (Phi) is 4.49. The van der Waals surface area contributed by atoms with Gasteiger partial charge in [-0.15, -0.1) is 0 Å². The molecule has 0 aliphatic heterocycles. The molecule has 0 radical (unpaired) electrons. The summed E-state index contributed by atoms with van der Waals surface area (Å²) in [5, 5.41) is 5.77. The van der Waals surface area contributed by atoms with Crippen molar-refractivity contribution in [3.05, 3.63) is 51.8 Å². The zero-order valence-electron chi connectivity index (χ0n) is 11.8. The van der Waals surface area contributed by atoms with Crippen LogP contribution in [0.4, 0.5) is 10.5 Å². The van der Waals surface area contributed by atoms with E-state index in [9.17, 15) is 4.79 Å². The molecule has 0 saturated carbocycles. The molecule has 0 atom stereocenters. The van der Waals surface area contributed by atoms with Crippen molar-refractivity contribution in [1.82, 2.24) is 9.88 Å². The van der Waals surface area contributed by atoms with E-state index in [0.717, 1.165) is 27.0 Å². The number of urea groups is 1. The van der Waals surface area contributed by atoms with Crippen LogP contribution in [0.1, 0.15) is 16.8 Å². The average Bonchev–Trinajstić information content (AvgIpc) is 2.77. The summed E-state index contributed by atoms with van der Waals surface area (Å²) in [6, 6.07) is 7.72. The number of hydrogen-bond donors (Lipinski definition) is 2. The van der Waals surface area contributed by atoms with Crippen LogP contribution in [0.25, 0.3) is 0 Å². The Labute approximate surface area is 127 Å². The first-order chi connectivity index (χ1) is 9.47. The first kappa shape index (κ1) is 14.7. The molecule has 1 aromatic heterocycles. The van der Waals surface area contributed by atoms with Crippen LogP contribution >= 0.6 is 15.9 Å². The number of nitrogens with zero attached hydrogens (tertiary/aromatic N) is 1. The second kappa shape index (κ2) is 6.13. The van der Waals surface area contributed by atoms with E-state index in [0.29, 0.717) is 6.54 Å². The van der Waals surface area contributed by atoms with Crippen molar-refractivity contribution >= 4 is 27.6 Å². The highest BCUT2D eigenvalue weighted by atomic mass is 79.9. The van der Waals surface area contributed by atoms with Crippen molar-refractivity contribution in [2.75, 3.05) is 5.32 Å². The van der Waals surface area contributed by atoms with E-state index in [2.05, 4.69) is 26.6 Å². The first-order valence-electron chi connectivity index (χ1n) is 6.39. The van der Waals surface area contributed by atoms with E-state index in [1.807, 2.05) is 55.9 Å². The third-order valence-electron chi connectivity index (χ3n) is 3.22. The molecule has 2 amide bonds. The molecule has 106 valence electrons. The van der Waals surface area contributed by atoms with Gasteiger partial charge in [-0.2, -0.15) is 0 Å². The van der Waals surface area contributed by atoms with Gasteiger partial charge in [-0.3, -0.25) is 0 Å². The van der Waals surface area contributed by atoms with Gasteiger partial charge in [0.05, 0.1) is 6.54 Å². The number of hydrogen-bond acceptors (Lipinski definition) is 1. The average molecular weight is 336 g/mol. The van der Waals surface area contributed by atoms with E-state index in [-0.39, 0.29) is 6.03 Å². The Morgan fingerprint density at radius 2 is 1.95 bits per heavy atom. The van der Waals surface area contributed by atoms with Crippen LogP contribution in [0.2, 0.25) is 0 Å². The lowest BCUT2D eigenvalue weighted by molar-refractivity contribution is 0.251. The summed E-state index contributed by atoms with van der Waals surface area (Å²) < 4.78 is 3.00. The minimum atomic E-state index is -0.195. The molecule has 1 heterocycles. The Balaban J connectivity index is 2.00. The molecule has 0 saturated heterocycles. The lowest BCUT2D eigenvalue weighted by Crippen LogP contribution is -2.29. The van der Waals surface area contributed by atoms with Crippen molar-refractivity contribution in [3.63, 3.8) is 0 Å². The molecule has 0 bridgehead atoms. The summed E-state index contributed by atoms with van der Waals surface area (Å²) in [4.78, 5) is 12.0. The van der Waals surface area contributed by atoms with Gasteiger partial charge in [0, 0.05) is 29.1 Å². The van der Waals surface area contributed by atoms with Gasteiger partial charge in [0.15, 0.2) is 0 Å². The van der Waals surface area contributed by atoms with E-state index in [4.69, 9.17) is 0 Å². The molecule has 0 aliphatic rings. The maximum absolute atomic E-state index is 12.0. The number of anilines is 1. The van der Waals surface area contributed by atoms with Crippen LogP contribution in [0.5, 0.6) is 0 Å².